The second-order valence-corrected chi connectivity index (χ2v) is 6.05. The topological polar surface area (TPSA) is 67.9 Å². The van der Waals surface area contributed by atoms with Crippen molar-refractivity contribution in [3.05, 3.63) is 60.2 Å². The van der Waals surface area contributed by atoms with Crippen LogP contribution in [0.2, 0.25) is 0 Å². The zero-order valence-electron chi connectivity index (χ0n) is 15.8. The molecule has 0 aliphatic rings. The van der Waals surface area contributed by atoms with E-state index in [4.69, 9.17) is 9.47 Å². The first-order chi connectivity index (χ1) is 13.1. The number of carbonyl (C=O) groups is 2. The quantitative estimate of drug-likeness (QED) is 0.698. The fourth-order valence-electron chi connectivity index (χ4n) is 2.50. The Morgan fingerprint density at radius 3 is 2.33 bits per heavy atom. The van der Waals surface area contributed by atoms with Crippen molar-refractivity contribution in [2.45, 2.75) is 19.9 Å². The summed E-state index contributed by atoms with van der Waals surface area (Å²) in [7, 11) is 1.62. The minimum atomic E-state index is -0.0983. The number of carbonyl (C=O) groups excluding carboxylic acids is 2. The van der Waals surface area contributed by atoms with Crippen molar-refractivity contribution in [3.63, 3.8) is 0 Å². The molecular formula is C21H26N2O4. The van der Waals surface area contributed by atoms with Crippen LogP contribution in [0, 0.1) is 0 Å². The lowest BCUT2D eigenvalue weighted by Crippen LogP contribution is -2.37. The van der Waals surface area contributed by atoms with Gasteiger partial charge in [0.25, 0.3) is 0 Å². The minimum absolute atomic E-state index is 0.0347. The Bertz CT molecular complexity index is 717. The summed E-state index contributed by atoms with van der Waals surface area (Å²) in [4.78, 5) is 25.4. The molecule has 0 saturated carbocycles. The maximum absolute atomic E-state index is 11.9. The van der Waals surface area contributed by atoms with Crippen molar-refractivity contribution in [2.75, 3.05) is 26.8 Å². The molecule has 0 atom stereocenters. The predicted molar refractivity (Wildman–Crippen MR) is 104 cm³/mol. The van der Waals surface area contributed by atoms with E-state index in [-0.39, 0.29) is 18.2 Å². The highest BCUT2D eigenvalue weighted by Gasteiger charge is 2.10. The predicted octanol–water partition coefficient (Wildman–Crippen LogP) is 2.63. The van der Waals surface area contributed by atoms with Gasteiger partial charge in [0.05, 0.1) is 20.1 Å². The number of rotatable bonds is 10. The second-order valence-electron chi connectivity index (χ2n) is 6.05. The van der Waals surface area contributed by atoms with Crippen molar-refractivity contribution >= 4 is 11.8 Å². The summed E-state index contributed by atoms with van der Waals surface area (Å²) in [5.41, 5.74) is 1.01. The van der Waals surface area contributed by atoms with Crippen LogP contribution in [0.5, 0.6) is 11.5 Å². The normalized spacial score (nSPS) is 10.1. The Labute approximate surface area is 160 Å². The third-order valence-electron chi connectivity index (χ3n) is 4.02. The number of amides is 2. The van der Waals surface area contributed by atoms with Crippen molar-refractivity contribution in [1.29, 1.82) is 0 Å². The van der Waals surface area contributed by atoms with Gasteiger partial charge in [-0.25, -0.2) is 0 Å². The molecule has 2 rings (SSSR count). The van der Waals surface area contributed by atoms with E-state index in [0.717, 1.165) is 17.1 Å². The molecule has 0 saturated heterocycles. The molecule has 2 aromatic carbocycles. The number of benzene rings is 2. The number of nitrogens with one attached hydrogen (secondary N) is 1. The molecule has 2 amide bonds. The monoisotopic (exact) mass is 370 g/mol. The van der Waals surface area contributed by atoms with E-state index in [9.17, 15) is 9.59 Å². The van der Waals surface area contributed by atoms with Crippen LogP contribution in [0.1, 0.15) is 18.9 Å². The average molecular weight is 370 g/mol. The summed E-state index contributed by atoms with van der Waals surface area (Å²) in [6.07, 6.45) is 0.271. The van der Waals surface area contributed by atoms with Crippen LogP contribution in [0.4, 0.5) is 0 Å². The Hall–Kier alpha value is -3.02. The van der Waals surface area contributed by atoms with Gasteiger partial charge in [-0.1, -0.05) is 30.3 Å². The molecule has 0 spiro atoms. The van der Waals surface area contributed by atoms with Gasteiger partial charge in [0.2, 0.25) is 11.8 Å². The molecule has 0 aliphatic heterocycles. The molecule has 1 N–H and O–H groups in total. The fraction of sp³-hybridized carbons (Fsp3) is 0.333. The largest absolute Gasteiger partial charge is 0.497 e. The van der Waals surface area contributed by atoms with E-state index in [1.807, 2.05) is 54.6 Å². The van der Waals surface area contributed by atoms with Gasteiger partial charge in [0, 0.05) is 26.6 Å². The summed E-state index contributed by atoms with van der Waals surface area (Å²) in [6, 6.07) is 17.0. The first-order valence-corrected chi connectivity index (χ1v) is 8.91. The molecule has 0 aliphatic carbocycles. The van der Waals surface area contributed by atoms with Crippen molar-refractivity contribution in [3.8, 4) is 11.5 Å². The van der Waals surface area contributed by atoms with Crippen LogP contribution < -0.4 is 14.8 Å². The van der Waals surface area contributed by atoms with Gasteiger partial charge < -0.3 is 19.7 Å². The molecule has 6 nitrogen and oxygen atoms in total. The van der Waals surface area contributed by atoms with Crippen LogP contribution in [-0.2, 0) is 16.1 Å². The fourth-order valence-corrected chi connectivity index (χ4v) is 2.50. The number of para-hydroxylation sites is 1. The van der Waals surface area contributed by atoms with Gasteiger partial charge in [-0.15, -0.1) is 0 Å². The molecule has 0 bridgehead atoms. The minimum Gasteiger partial charge on any atom is -0.497 e. The summed E-state index contributed by atoms with van der Waals surface area (Å²) in [5.74, 6) is 1.39. The van der Waals surface area contributed by atoms with Gasteiger partial charge in [-0.3, -0.25) is 9.59 Å². The number of ether oxygens (including phenoxy) is 2. The first-order valence-electron chi connectivity index (χ1n) is 8.91. The molecule has 0 unspecified atom stereocenters. The first kappa shape index (κ1) is 20.3. The number of hydrogen-bond acceptors (Lipinski definition) is 4. The number of nitrogens with zero attached hydrogens (tertiary/aromatic N) is 1. The molecule has 6 heteroatoms. The smallest absolute Gasteiger partial charge is 0.223 e. The van der Waals surface area contributed by atoms with Crippen molar-refractivity contribution < 1.29 is 19.1 Å². The van der Waals surface area contributed by atoms with E-state index in [0.29, 0.717) is 26.2 Å². The second kappa shape index (κ2) is 10.9. The Kier molecular flexibility index (Phi) is 8.16. The van der Waals surface area contributed by atoms with E-state index >= 15 is 0 Å². The summed E-state index contributed by atoms with van der Waals surface area (Å²) in [6.45, 7) is 3.19. The lowest BCUT2D eigenvalue weighted by molar-refractivity contribution is -0.130. The highest BCUT2D eigenvalue weighted by molar-refractivity contribution is 5.76. The SMILES string of the molecule is COc1ccc(CN(CCNC(=O)CCOc2ccccc2)C(C)=O)cc1. The van der Waals surface area contributed by atoms with Crippen molar-refractivity contribution in [2.24, 2.45) is 0 Å². The van der Waals surface area contributed by atoms with Crippen LogP contribution in [0.15, 0.2) is 54.6 Å². The highest BCUT2D eigenvalue weighted by Crippen LogP contribution is 2.13. The number of methoxy groups -OCH3 is 1. The lowest BCUT2D eigenvalue weighted by Gasteiger charge is -2.21. The molecular weight excluding hydrogens is 344 g/mol. The van der Waals surface area contributed by atoms with E-state index in [1.165, 1.54) is 6.92 Å². The van der Waals surface area contributed by atoms with Gasteiger partial charge >= 0.3 is 0 Å². The van der Waals surface area contributed by atoms with Crippen molar-refractivity contribution in [1.82, 2.24) is 10.2 Å². The highest BCUT2D eigenvalue weighted by atomic mass is 16.5. The molecule has 0 heterocycles. The summed E-state index contributed by atoms with van der Waals surface area (Å²) >= 11 is 0. The van der Waals surface area contributed by atoms with E-state index in [1.54, 1.807) is 12.0 Å². The van der Waals surface area contributed by atoms with E-state index < -0.39 is 0 Å². The molecule has 0 fully saturated rings. The third-order valence-corrected chi connectivity index (χ3v) is 4.02. The molecule has 144 valence electrons. The molecule has 0 aromatic heterocycles. The molecule has 0 radical (unpaired) electrons. The maximum atomic E-state index is 11.9. The maximum Gasteiger partial charge on any atom is 0.223 e. The Morgan fingerprint density at radius 1 is 1.00 bits per heavy atom. The lowest BCUT2D eigenvalue weighted by atomic mass is 10.2. The zero-order chi connectivity index (χ0) is 19.5. The van der Waals surface area contributed by atoms with Crippen LogP contribution >= 0.6 is 0 Å². The van der Waals surface area contributed by atoms with Gasteiger partial charge in [-0.2, -0.15) is 0 Å². The molecule has 2 aromatic rings. The average Bonchev–Trinajstić information content (AvgIpc) is 2.68. The van der Waals surface area contributed by atoms with Gasteiger partial charge in [0.15, 0.2) is 0 Å². The van der Waals surface area contributed by atoms with E-state index in [2.05, 4.69) is 5.32 Å². The van der Waals surface area contributed by atoms with Crippen LogP contribution in [0.25, 0.3) is 0 Å². The summed E-state index contributed by atoms with van der Waals surface area (Å²) < 4.78 is 10.6. The van der Waals surface area contributed by atoms with Gasteiger partial charge in [0.1, 0.15) is 11.5 Å². The number of hydrogen-bond donors (Lipinski definition) is 1. The third kappa shape index (κ3) is 7.40. The Morgan fingerprint density at radius 2 is 1.70 bits per heavy atom. The summed E-state index contributed by atoms with van der Waals surface area (Å²) in [5, 5.41) is 2.83. The Balaban J connectivity index is 1.70. The molecule has 27 heavy (non-hydrogen) atoms. The zero-order valence-corrected chi connectivity index (χ0v) is 15.8. The van der Waals surface area contributed by atoms with Crippen LogP contribution in [-0.4, -0.2) is 43.5 Å². The standard InChI is InChI=1S/C21H26N2O4/c1-17(24)23(16-18-8-10-19(26-2)11-9-18)14-13-22-21(25)12-15-27-20-6-4-3-5-7-20/h3-11H,12-16H2,1-2H3,(H,22,25). The van der Waals surface area contributed by atoms with Crippen LogP contribution in [0.3, 0.4) is 0 Å². The van der Waals surface area contributed by atoms with Gasteiger partial charge in [-0.05, 0) is 29.8 Å².